The average molecular weight is 247 g/mol. The number of nitrogens with one attached hydrogen (secondary N) is 1. The van der Waals surface area contributed by atoms with Gasteiger partial charge in [-0.3, -0.25) is 9.63 Å². The summed E-state index contributed by atoms with van der Waals surface area (Å²) in [5.74, 6) is -0.907. The van der Waals surface area contributed by atoms with Crippen molar-refractivity contribution < 1.29 is 24.3 Å². The number of hydrogen-bond acceptors (Lipinski definition) is 4. The number of carboxylic acid groups (broad SMARTS) is 1. The molecule has 0 saturated heterocycles. The first-order chi connectivity index (χ1) is 7.52. The van der Waals surface area contributed by atoms with Crippen LogP contribution in [-0.2, 0) is 14.4 Å². The van der Waals surface area contributed by atoms with Crippen LogP contribution in [0.3, 0.4) is 0 Å². The summed E-state index contributed by atoms with van der Waals surface area (Å²) in [6.07, 6.45) is -0.730. The summed E-state index contributed by atoms with van der Waals surface area (Å²) in [6.45, 7) is 8.77. The zero-order valence-corrected chi connectivity index (χ0v) is 11.0. The summed E-state index contributed by atoms with van der Waals surface area (Å²) < 4.78 is 4.94. The van der Waals surface area contributed by atoms with Gasteiger partial charge in [0.15, 0.2) is 0 Å². The van der Waals surface area contributed by atoms with Crippen molar-refractivity contribution in [3.63, 3.8) is 0 Å². The Morgan fingerprint density at radius 1 is 1.18 bits per heavy atom. The van der Waals surface area contributed by atoms with Crippen molar-refractivity contribution in [3.05, 3.63) is 0 Å². The van der Waals surface area contributed by atoms with Gasteiger partial charge in [-0.1, -0.05) is 13.8 Å². The largest absolute Gasteiger partial charge is 0.481 e. The van der Waals surface area contributed by atoms with Crippen LogP contribution in [0.5, 0.6) is 0 Å². The molecule has 2 N–H and O–H groups in total. The molecule has 0 spiro atoms. The molecule has 1 amide bonds. The number of carbonyl (C=O) groups is 2. The molecule has 6 heteroatoms. The maximum atomic E-state index is 11.2. The highest BCUT2D eigenvalue weighted by Crippen LogP contribution is 2.19. The van der Waals surface area contributed by atoms with Crippen LogP contribution in [0.15, 0.2) is 0 Å². The van der Waals surface area contributed by atoms with Crippen LogP contribution in [-0.4, -0.2) is 29.4 Å². The number of aliphatic carboxylic acids is 1. The van der Waals surface area contributed by atoms with Crippen molar-refractivity contribution in [1.82, 2.24) is 5.48 Å². The molecular formula is C11H21NO5. The van der Waals surface area contributed by atoms with Crippen molar-refractivity contribution in [2.45, 2.75) is 46.6 Å². The van der Waals surface area contributed by atoms with Gasteiger partial charge >= 0.3 is 12.1 Å². The molecule has 0 aliphatic carbocycles. The highest BCUT2D eigenvalue weighted by molar-refractivity contribution is 5.67. The zero-order valence-electron chi connectivity index (χ0n) is 11.0. The predicted octanol–water partition coefficient (Wildman–Crippen LogP) is 1.94. The summed E-state index contributed by atoms with van der Waals surface area (Å²) in [7, 11) is 0. The fourth-order valence-electron chi connectivity index (χ4n) is 1.05. The summed E-state index contributed by atoms with van der Waals surface area (Å²) in [5.41, 5.74) is 0.967. The normalized spacial score (nSPS) is 12.1. The summed E-state index contributed by atoms with van der Waals surface area (Å²) in [5, 5.41) is 8.64. The minimum absolute atomic E-state index is 0.0387. The van der Waals surface area contributed by atoms with Crippen molar-refractivity contribution in [2.75, 3.05) is 6.61 Å². The number of hydrogen-bond donors (Lipinski definition) is 2. The average Bonchev–Trinajstić information content (AvgIpc) is 1.95. The van der Waals surface area contributed by atoms with E-state index >= 15 is 0 Å². The van der Waals surface area contributed by atoms with E-state index in [0.29, 0.717) is 0 Å². The van der Waals surface area contributed by atoms with E-state index in [-0.39, 0.29) is 13.0 Å². The molecule has 0 fully saturated rings. The number of carbonyl (C=O) groups excluding carboxylic acids is 1. The molecule has 0 bridgehead atoms. The molecule has 0 rings (SSSR count). The third-order valence-corrected chi connectivity index (χ3v) is 1.65. The van der Waals surface area contributed by atoms with Crippen LogP contribution < -0.4 is 5.48 Å². The summed E-state index contributed by atoms with van der Waals surface area (Å²) in [4.78, 5) is 26.6. The Morgan fingerprint density at radius 2 is 1.71 bits per heavy atom. The van der Waals surface area contributed by atoms with Gasteiger partial charge in [0.2, 0.25) is 0 Å². The topological polar surface area (TPSA) is 84.9 Å². The second-order valence-corrected chi connectivity index (χ2v) is 5.63. The Kier molecular flexibility index (Phi) is 5.41. The van der Waals surface area contributed by atoms with Gasteiger partial charge in [0.25, 0.3) is 0 Å². The lowest BCUT2D eigenvalue weighted by atomic mass is 9.91. The first kappa shape index (κ1) is 15.7. The standard InChI is InChI=1S/C11H21NO5/c1-10(2,3)17-9(15)12-16-7-11(4,5)6-8(13)14/h6-7H2,1-5H3,(H,12,15)(H,13,14). The van der Waals surface area contributed by atoms with Gasteiger partial charge < -0.3 is 9.84 Å². The Hall–Kier alpha value is -1.30. The monoisotopic (exact) mass is 247 g/mol. The van der Waals surface area contributed by atoms with Gasteiger partial charge in [0, 0.05) is 5.41 Å². The lowest BCUT2D eigenvalue weighted by Gasteiger charge is -2.23. The Labute approximate surface area is 101 Å². The van der Waals surface area contributed by atoms with E-state index in [2.05, 4.69) is 5.48 Å². The van der Waals surface area contributed by atoms with Crippen LogP contribution in [0.4, 0.5) is 4.79 Å². The maximum Gasteiger partial charge on any atom is 0.431 e. The van der Waals surface area contributed by atoms with Gasteiger partial charge in [0.05, 0.1) is 13.0 Å². The summed E-state index contributed by atoms with van der Waals surface area (Å²) in [6, 6.07) is 0. The zero-order chi connectivity index (χ0) is 13.7. The Balaban J connectivity index is 3.91. The number of carboxylic acids is 1. The molecule has 100 valence electrons. The van der Waals surface area contributed by atoms with E-state index in [9.17, 15) is 9.59 Å². The van der Waals surface area contributed by atoms with Crippen molar-refractivity contribution in [1.29, 1.82) is 0 Å². The Bertz CT molecular complexity index is 280. The molecule has 0 heterocycles. The molecule has 17 heavy (non-hydrogen) atoms. The van der Waals surface area contributed by atoms with Gasteiger partial charge in [-0.2, -0.15) is 5.48 Å². The molecular weight excluding hydrogens is 226 g/mol. The number of rotatable bonds is 5. The second-order valence-electron chi connectivity index (χ2n) is 5.63. The summed E-state index contributed by atoms with van der Waals surface area (Å²) >= 11 is 0. The lowest BCUT2D eigenvalue weighted by Crippen LogP contribution is -2.35. The quantitative estimate of drug-likeness (QED) is 0.725. The highest BCUT2D eigenvalue weighted by atomic mass is 16.7. The molecule has 6 nitrogen and oxygen atoms in total. The molecule has 0 saturated carbocycles. The van der Waals surface area contributed by atoms with E-state index in [1.807, 2.05) is 0 Å². The predicted molar refractivity (Wildman–Crippen MR) is 61.4 cm³/mol. The van der Waals surface area contributed by atoms with Crippen LogP contribution in [0.1, 0.15) is 41.0 Å². The van der Waals surface area contributed by atoms with Crippen LogP contribution in [0.25, 0.3) is 0 Å². The maximum absolute atomic E-state index is 11.2. The number of ether oxygens (including phenoxy) is 1. The minimum atomic E-state index is -0.907. The first-order valence-electron chi connectivity index (χ1n) is 5.34. The van der Waals surface area contributed by atoms with Crippen LogP contribution >= 0.6 is 0 Å². The van der Waals surface area contributed by atoms with Gasteiger partial charge in [-0.05, 0) is 20.8 Å². The lowest BCUT2D eigenvalue weighted by molar-refractivity contribution is -0.140. The Morgan fingerprint density at radius 3 is 2.12 bits per heavy atom. The van der Waals surface area contributed by atoms with Crippen LogP contribution in [0.2, 0.25) is 0 Å². The molecule has 0 aromatic heterocycles. The SMILES string of the molecule is CC(C)(CONC(=O)OC(C)(C)C)CC(=O)O. The van der Waals surface area contributed by atoms with Gasteiger partial charge in [-0.15, -0.1) is 0 Å². The molecule has 0 aromatic rings. The van der Waals surface area contributed by atoms with E-state index in [1.165, 1.54) is 0 Å². The van der Waals surface area contributed by atoms with E-state index in [0.717, 1.165) is 0 Å². The van der Waals surface area contributed by atoms with Crippen molar-refractivity contribution in [3.8, 4) is 0 Å². The number of hydroxylamine groups is 1. The van der Waals surface area contributed by atoms with Crippen molar-refractivity contribution >= 4 is 12.1 Å². The highest BCUT2D eigenvalue weighted by Gasteiger charge is 2.23. The third-order valence-electron chi connectivity index (χ3n) is 1.65. The molecule has 0 aliphatic heterocycles. The number of amides is 1. The third kappa shape index (κ3) is 9.62. The van der Waals surface area contributed by atoms with Crippen LogP contribution in [0, 0.1) is 5.41 Å². The molecule has 0 unspecified atom stereocenters. The van der Waals surface area contributed by atoms with E-state index < -0.39 is 23.1 Å². The van der Waals surface area contributed by atoms with E-state index in [4.69, 9.17) is 14.7 Å². The van der Waals surface area contributed by atoms with Crippen molar-refractivity contribution in [2.24, 2.45) is 5.41 Å². The molecule has 0 atom stereocenters. The smallest absolute Gasteiger partial charge is 0.431 e. The molecule has 0 radical (unpaired) electrons. The van der Waals surface area contributed by atoms with Gasteiger partial charge in [0.1, 0.15) is 5.60 Å². The second kappa shape index (κ2) is 5.86. The first-order valence-corrected chi connectivity index (χ1v) is 5.34. The molecule has 0 aromatic carbocycles. The fourth-order valence-corrected chi connectivity index (χ4v) is 1.05. The van der Waals surface area contributed by atoms with E-state index in [1.54, 1.807) is 34.6 Å². The molecule has 0 aliphatic rings. The fraction of sp³-hybridized carbons (Fsp3) is 0.818. The minimum Gasteiger partial charge on any atom is -0.481 e. The van der Waals surface area contributed by atoms with Gasteiger partial charge in [-0.25, -0.2) is 4.79 Å².